The zero-order valence-corrected chi connectivity index (χ0v) is 12.8. The number of ketones is 1. The summed E-state index contributed by atoms with van der Waals surface area (Å²) in [6.07, 6.45) is 2.49. The van der Waals surface area contributed by atoms with Crippen LogP contribution in [0.4, 0.5) is 10.5 Å². The van der Waals surface area contributed by atoms with Crippen molar-refractivity contribution < 1.29 is 14.4 Å². The Balaban J connectivity index is 2.07. The minimum Gasteiger partial charge on any atom is -0.297 e. The van der Waals surface area contributed by atoms with Gasteiger partial charge in [0.25, 0.3) is 0 Å². The maximum absolute atomic E-state index is 11.9. The van der Waals surface area contributed by atoms with E-state index in [4.69, 9.17) is 4.84 Å². The number of carbonyl (C=O) groups is 2. The molecule has 114 valence electrons. The molecule has 5 nitrogen and oxygen atoms in total. The number of nitrogens with one attached hydrogen (secondary N) is 1. The average molecular weight is 298 g/mol. The molecule has 1 N–H and O–H groups in total. The van der Waals surface area contributed by atoms with Crippen LogP contribution in [0.5, 0.6) is 0 Å². The number of anilines is 1. The molecule has 1 aromatic rings. The number of nitrogens with zero attached hydrogens (tertiary/aromatic N) is 1. The Kier molecular flexibility index (Phi) is 4.88. The highest BCUT2D eigenvalue weighted by atomic mass is 16.7. The van der Waals surface area contributed by atoms with E-state index >= 15 is 0 Å². The number of allylic oxidation sites excluding steroid dienone is 4. The predicted molar refractivity (Wildman–Crippen MR) is 85.7 cm³/mol. The molecule has 0 bridgehead atoms. The highest BCUT2D eigenvalue weighted by molar-refractivity contribution is 6.21. The number of rotatable bonds is 3. The quantitative estimate of drug-likeness (QED) is 0.525. The number of hydrogen-bond donors (Lipinski definition) is 1. The van der Waals surface area contributed by atoms with Crippen LogP contribution in [0.2, 0.25) is 0 Å². The van der Waals surface area contributed by atoms with Crippen molar-refractivity contribution in [2.45, 2.75) is 20.8 Å². The van der Waals surface area contributed by atoms with Crippen LogP contribution in [-0.4, -0.2) is 17.6 Å². The van der Waals surface area contributed by atoms with Crippen LogP contribution < -0.4 is 5.32 Å². The molecule has 0 spiro atoms. The van der Waals surface area contributed by atoms with Crippen LogP contribution in [0.3, 0.4) is 0 Å². The van der Waals surface area contributed by atoms with E-state index in [-0.39, 0.29) is 11.7 Å². The molecule has 0 saturated carbocycles. The van der Waals surface area contributed by atoms with Gasteiger partial charge in [-0.2, -0.15) is 0 Å². The molecule has 0 atom stereocenters. The van der Waals surface area contributed by atoms with E-state index in [9.17, 15) is 9.59 Å². The maximum atomic E-state index is 11.9. The third-order valence-electron chi connectivity index (χ3n) is 3.20. The first-order chi connectivity index (χ1) is 10.5. The molecule has 0 aliphatic heterocycles. The molecule has 0 unspecified atom stereocenters. The fourth-order valence-corrected chi connectivity index (χ4v) is 1.99. The molecule has 1 aliphatic rings. The van der Waals surface area contributed by atoms with Crippen molar-refractivity contribution in [1.82, 2.24) is 0 Å². The molecule has 0 radical (unpaired) electrons. The van der Waals surface area contributed by atoms with Crippen LogP contribution in [0.1, 0.15) is 20.8 Å². The number of hydrogen-bond acceptors (Lipinski definition) is 4. The molecule has 2 rings (SSSR count). The second-order valence-corrected chi connectivity index (χ2v) is 5.29. The molecule has 0 saturated heterocycles. The lowest BCUT2D eigenvalue weighted by Crippen LogP contribution is -2.17. The van der Waals surface area contributed by atoms with Gasteiger partial charge in [0, 0.05) is 11.3 Å². The van der Waals surface area contributed by atoms with Crippen molar-refractivity contribution in [1.29, 1.82) is 0 Å². The van der Waals surface area contributed by atoms with E-state index in [0.717, 1.165) is 0 Å². The Morgan fingerprint density at radius 2 is 1.86 bits per heavy atom. The van der Waals surface area contributed by atoms with E-state index < -0.39 is 6.09 Å². The Hall–Kier alpha value is -2.69. The van der Waals surface area contributed by atoms with Crippen molar-refractivity contribution >= 4 is 23.3 Å². The average Bonchev–Trinajstić information content (AvgIpc) is 2.47. The molecule has 1 aromatic carbocycles. The molecule has 1 aliphatic carbocycles. The van der Waals surface area contributed by atoms with Gasteiger partial charge >= 0.3 is 6.09 Å². The van der Waals surface area contributed by atoms with Crippen molar-refractivity contribution in [2.24, 2.45) is 11.1 Å². The molecule has 0 aromatic heterocycles. The van der Waals surface area contributed by atoms with E-state index in [2.05, 4.69) is 10.5 Å². The third-order valence-corrected chi connectivity index (χ3v) is 3.20. The van der Waals surface area contributed by atoms with Gasteiger partial charge in [-0.1, -0.05) is 37.2 Å². The van der Waals surface area contributed by atoms with E-state index in [1.165, 1.54) is 6.08 Å². The summed E-state index contributed by atoms with van der Waals surface area (Å²) in [5.74, 6) is 0.0559. The van der Waals surface area contributed by atoms with Crippen molar-refractivity contribution in [2.75, 3.05) is 5.32 Å². The topological polar surface area (TPSA) is 67.8 Å². The van der Waals surface area contributed by atoms with E-state index in [1.807, 2.05) is 19.9 Å². The first-order valence-electron chi connectivity index (χ1n) is 7.03. The predicted octanol–water partition coefficient (Wildman–Crippen LogP) is 3.70. The number of oxime groups is 1. The van der Waals surface area contributed by atoms with Crippen LogP contribution in [-0.2, 0) is 9.63 Å². The summed E-state index contributed by atoms with van der Waals surface area (Å²) in [7, 11) is 0. The van der Waals surface area contributed by atoms with Crippen LogP contribution >= 0.6 is 0 Å². The second-order valence-electron chi connectivity index (χ2n) is 5.29. The van der Waals surface area contributed by atoms with Crippen molar-refractivity contribution in [3.63, 3.8) is 0 Å². The third kappa shape index (κ3) is 3.91. The van der Waals surface area contributed by atoms with Gasteiger partial charge in [-0.25, -0.2) is 4.79 Å². The Morgan fingerprint density at radius 1 is 1.18 bits per heavy atom. The first kappa shape index (κ1) is 15.7. The molecular formula is C17H18N2O3. The molecular weight excluding hydrogens is 280 g/mol. The lowest BCUT2D eigenvalue weighted by molar-refractivity contribution is -0.111. The van der Waals surface area contributed by atoms with Gasteiger partial charge in [0.15, 0.2) is 5.78 Å². The normalized spacial score (nSPS) is 16.4. The lowest BCUT2D eigenvalue weighted by Gasteiger charge is -2.14. The van der Waals surface area contributed by atoms with Crippen molar-refractivity contribution in [3.05, 3.63) is 53.6 Å². The highest BCUT2D eigenvalue weighted by Crippen LogP contribution is 2.19. The summed E-state index contributed by atoms with van der Waals surface area (Å²) >= 11 is 0. The summed E-state index contributed by atoms with van der Waals surface area (Å²) in [5, 5.41) is 6.40. The molecule has 0 fully saturated rings. The van der Waals surface area contributed by atoms with E-state index in [0.29, 0.717) is 22.5 Å². The second kappa shape index (κ2) is 6.85. The number of benzene rings is 1. The summed E-state index contributed by atoms with van der Waals surface area (Å²) in [6, 6.07) is 8.95. The Labute approximate surface area is 129 Å². The zero-order chi connectivity index (χ0) is 16.1. The molecule has 0 heterocycles. The first-order valence-corrected chi connectivity index (χ1v) is 7.03. The Bertz CT molecular complexity index is 670. The summed E-state index contributed by atoms with van der Waals surface area (Å²) in [5.41, 5.74) is 2.42. The van der Waals surface area contributed by atoms with E-state index in [1.54, 1.807) is 37.3 Å². The number of amides is 1. The molecule has 1 amide bonds. The van der Waals surface area contributed by atoms with Crippen LogP contribution in [0.25, 0.3) is 0 Å². The Morgan fingerprint density at radius 3 is 2.50 bits per heavy atom. The number of para-hydroxylation sites is 1. The summed E-state index contributed by atoms with van der Waals surface area (Å²) in [6.45, 7) is 5.61. The minimum absolute atomic E-state index is 0.0276. The van der Waals surface area contributed by atoms with Crippen LogP contribution in [0.15, 0.2) is 58.8 Å². The largest absolute Gasteiger partial charge is 0.437 e. The molecule has 5 heteroatoms. The summed E-state index contributed by atoms with van der Waals surface area (Å²) < 4.78 is 0. The molecule has 22 heavy (non-hydrogen) atoms. The van der Waals surface area contributed by atoms with Gasteiger partial charge in [0.1, 0.15) is 5.71 Å². The standard InChI is InChI=1S/C17H18N2O3/c1-11(2)14-10-15(12(3)9-16(14)20)19-22-17(21)18-13-7-5-4-6-8-13/h4-11H,1-3H3,(H,18,21). The maximum Gasteiger partial charge on any atom is 0.437 e. The number of carbonyl (C=O) groups excluding carboxylic acids is 2. The van der Waals surface area contributed by atoms with Crippen LogP contribution in [0, 0.1) is 5.92 Å². The fraction of sp³-hybridized carbons (Fsp3) is 0.235. The van der Waals surface area contributed by atoms with Gasteiger partial charge in [0.2, 0.25) is 0 Å². The monoisotopic (exact) mass is 298 g/mol. The highest BCUT2D eigenvalue weighted by Gasteiger charge is 2.19. The smallest absolute Gasteiger partial charge is 0.297 e. The summed E-state index contributed by atoms with van der Waals surface area (Å²) in [4.78, 5) is 28.4. The lowest BCUT2D eigenvalue weighted by atomic mass is 9.90. The zero-order valence-electron chi connectivity index (χ0n) is 12.8. The van der Waals surface area contributed by atoms with Gasteiger partial charge in [0.05, 0.1) is 0 Å². The van der Waals surface area contributed by atoms with Gasteiger partial charge in [-0.05, 0) is 42.7 Å². The fourth-order valence-electron chi connectivity index (χ4n) is 1.99. The van der Waals surface area contributed by atoms with Gasteiger partial charge < -0.3 is 0 Å². The van der Waals surface area contributed by atoms with Gasteiger partial charge in [-0.15, -0.1) is 0 Å². The van der Waals surface area contributed by atoms with Gasteiger partial charge in [-0.3, -0.25) is 14.9 Å². The minimum atomic E-state index is -0.678. The SMILES string of the molecule is CC1=CC(=O)C(C(C)C)=CC1=NOC(=O)Nc1ccccc1. The van der Waals surface area contributed by atoms with Crippen molar-refractivity contribution in [3.8, 4) is 0 Å².